The van der Waals surface area contributed by atoms with Crippen LogP contribution in [-0.2, 0) is 16.2 Å². The summed E-state index contributed by atoms with van der Waals surface area (Å²) in [6.45, 7) is 1.78. The van der Waals surface area contributed by atoms with Crippen molar-refractivity contribution in [1.82, 2.24) is 4.90 Å². The first-order valence-corrected chi connectivity index (χ1v) is 11.1. The molecule has 162 valence electrons. The van der Waals surface area contributed by atoms with E-state index in [1.165, 1.54) is 6.08 Å². The molecule has 1 N–H and O–H groups in total. The molecule has 2 aromatic rings. The standard InChI is InChI=1S/C21H17BrClNO6S/c1-2-29-16-7-13(8-18-20(27)24(10-19(25)26)21(28)31-18)14(22)9-17(16)30-11-12-5-3-4-6-15(12)23/h3-9H,2,10-11H2,1H3,(H,25,26)/b18-8+. The van der Waals surface area contributed by atoms with Gasteiger partial charge in [-0.25, -0.2) is 0 Å². The maximum Gasteiger partial charge on any atom is 0.323 e. The average molecular weight is 527 g/mol. The molecule has 1 saturated heterocycles. The highest BCUT2D eigenvalue weighted by atomic mass is 79.9. The summed E-state index contributed by atoms with van der Waals surface area (Å²) < 4.78 is 12.2. The third-order valence-electron chi connectivity index (χ3n) is 4.16. The molecule has 7 nitrogen and oxygen atoms in total. The maximum absolute atomic E-state index is 12.4. The molecule has 1 aliphatic rings. The number of nitrogens with zero attached hydrogens (tertiary/aromatic N) is 1. The highest BCUT2D eigenvalue weighted by Gasteiger charge is 2.36. The Bertz CT molecular complexity index is 1070. The van der Waals surface area contributed by atoms with E-state index in [1.807, 2.05) is 25.1 Å². The molecule has 0 aliphatic carbocycles. The summed E-state index contributed by atoms with van der Waals surface area (Å²) in [6, 6.07) is 10.7. The molecule has 10 heteroatoms. The van der Waals surface area contributed by atoms with Gasteiger partial charge in [-0.1, -0.05) is 45.7 Å². The summed E-state index contributed by atoms with van der Waals surface area (Å²) in [5, 5.41) is 8.85. The minimum absolute atomic E-state index is 0.124. The van der Waals surface area contributed by atoms with E-state index >= 15 is 0 Å². The molecule has 0 atom stereocenters. The monoisotopic (exact) mass is 525 g/mol. The normalized spacial score (nSPS) is 14.9. The van der Waals surface area contributed by atoms with Crippen molar-refractivity contribution in [3.63, 3.8) is 0 Å². The smallest absolute Gasteiger partial charge is 0.323 e. The van der Waals surface area contributed by atoms with Crippen LogP contribution in [0.1, 0.15) is 18.1 Å². The van der Waals surface area contributed by atoms with Gasteiger partial charge in [-0.15, -0.1) is 0 Å². The van der Waals surface area contributed by atoms with Crippen molar-refractivity contribution in [2.45, 2.75) is 13.5 Å². The summed E-state index contributed by atoms with van der Waals surface area (Å²) in [6.07, 6.45) is 1.51. The molecule has 1 aliphatic heterocycles. The first-order valence-electron chi connectivity index (χ1n) is 9.09. The zero-order valence-corrected chi connectivity index (χ0v) is 19.4. The third-order valence-corrected chi connectivity index (χ3v) is 6.12. The molecule has 0 aromatic heterocycles. The summed E-state index contributed by atoms with van der Waals surface area (Å²) in [5.74, 6) is -0.983. The van der Waals surface area contributed by atoms with Gasteiger partial charge in [0.2, 0.25) is 0 Å². The Morgan fingerprint density at radius 2 is 1.94 bits per heavy atom. The quantitative estimate of drug-likeness (QED) is 0.473. The van der Waals surface area contributed by atoms with Crippen LogP contribution < -0.4 is 9.47 Å². The van der Waals surface area contributed by atoms with E-state index in [-0.39, 0.29) is 11.5 Å². The molecule has 2 aromatic carbocycles. The van der Waals surface area contributed by atoms with E-state index in [0.717, 1.165) is 5.56 Å². The van der Waals surface area contributed by atoms with Crippen molar-refractivity contribution in [1.29, 1.82) is 0 Å². The van der Waals surface area contributed by atoms with Crippen LogP contribution in [0.3, 0.4) is 0 Å². The minimum Gasteiger partial charge on any atom is -0.490 e. The number of aliphatic carboxylic acids is 1. The number of benzene rings is 2. The van der Waals surface area contributed by atoms with Gasteiger partial charge in [0.1, 0.15) is 13.2 Å². The Morgan fingerprint density at radius 1 is 1.23 bits per heavy atom. The van der Waals surface area contributed by atoms with Crippen LogP contribution in [0, 0.1) is 0 Å². The Morgan fingerprint density at radius 3 is 2.61 bits per heavy atom. The average Bonchev–Trinajstić information content (AvgIpc) is 2.97. The van der Waals surface area contributed by atoms with E-state index < -0.39 is 23.7 Å². The molecular formula is C21H17BrClNO6S. The van der Waals surface area contributed by atoms with E-state index in [1.54, 1.807) is 18.2 Å². The number of ether oxygens (including phenoxy) is 2. The van der Waals surface area contributed by atoms with Crippen LogP contribution in [0.2, 0.25) is 5.02 Å². The number of hydrogen-bond acceptors (Lipinski definition) is 6. The first kappa shape index (κ1) is 23.2. The van der Waals surface area contributed by atoms with Gasteiger partial charge in [-0.3, -0.25) is 19.3 Å². The highest BCUT2D eigenvalue weighted by molar-refractivity contribution is 9.10. The highest BCUT2D eigenvalue weighted by Crippen LogP contribution is 2.38. The van der Waals surface area contributed by atoms with E-state index in [9.17, 15) is 14.4 Å². The van der Waals surface area contributed by atoms with E-state index in [4.69, 9.17) is 26.2 Å². The number of carbonyl (C=O) groups excluding carboxylic acids is 2. The van der Waals surface area contributed by atoms with Crippen molar-refractivity contribution in [3.05, 3.63) is 61.9 Å². The number of carboxylic acids is 1. The van der Waals surface area contributed by atoms with Crippen LogP contribution >= 0.6 is 39.3 Å². The third kappa shape index (κ3) is 5.61. The molecule has 0 radical (unpaired) electrons. The molecule has 0 saturated carbocycles. The molecule has 1 fully saturated rings. The van der Waals surface area contributed by atoms with Gasteiger partial charge >= 0.3 is 5.97 Å². The lowest BCUT2D eigenvalue weighted by Crippen LogP contribution is -2.33. The van der Waals surface area contributed by atoms with Gasteiger partial charge in [0.15, 0.2) is 11.5 Å². The van der Waals surface area contributed by atoms with Crippen LogP contribution in [0.25, 0.3) is 6.08 Å². The number of carboxylic acid groups (broad SMARTS) is 1. The largest absolute Gasteiger partial charge is 0.490 e. The predicted octanol–water partition coefficient (Wildman–Crippen LogP) is 5.20. The molecular weight excluding hydrogens is 510 g/mol. The predicted molar refractivity (Wildman–Crippen MR) is 121 cm³/mol. The number of rotatable bonds is 8. The van der Waals surface area contributed by atoms with Crippen molar-refractivity contribution in [2.75, 3.05) is 13.2 Å². The van der Waals surface area contributed by atoms with E-state index in [2.05, 4.69) is 15.9 Å². The molecule has 31 heavy (non-hydrogen) atoms. The molecule has 0 unspecified atom stereocenters. The minimum atomic E-state index is -1.26. The lowest BCUT2D eigenvalue weighted by atomic mass is 10.1. The van der Waals surface area contributed by atoms with Gasteiger partial charge in [0, 0.05) is 15.1 Å². The first-order chi connectivity index (χ1) is 14.8. The fraction of sp³-hybridized carbons (Fsp3) is 0.190. The van der Waals surface area contributed by atoms with Crippen LogP contribution in [0.15, 0.2) is 45.8 Å². The summed E-state index contributed by atoms with van der Waals surface area (Å²) >= 11 is 10.3. The van der Waals surface area contributed by atoms with Gasteiger partial charge in [-0.2, -0.15) is 0 Å². The number of carbonyl (C=O) groups is 3. The molecule has 0 bridgehead atoms. The van der Waals surface area contributed by atoms with Crippen molar-refractivity contribution >= 4 is 62.5 Å². The van der Waals surface area contributed by atoms with E-state index in [0.29, 0.717) is 49.8 Å². The summed E-state index contributed by atoms with van der Waals surface area (Å²) in [4.78, 5) is 36.1. The number of hydrogen-bond donors (Lipinski definition) is 1. The second kappa shape index (κ2) is 10.2. The van der Waals surface area contributed by atoms with Crippen LogP contribution in [0.4, 0.5) is 4.79 Å². The van der Waals surface area contributed by atoms with Gasteiger partial charge in [-0.05, 0) is 48.5 Å². The van der Waals surface area contributed by atoms with Crippen LogP contribution in [-0.4, -0.2) is 40.3 Å². The number of thioether (sulfide) groups is 1. The molecule has 2 amide bonds. The Labute approximate surface area is 196 Å². The number of imide groups is 1. The van der Waals surface area contributed by atoms with Gasteiger partial charge in [0.25, 0.3) is 11.1 Å². The summed E-state index contributed by atoms with van der Waals surface area (Å²) in [7, 11) is 0. The van der Waals surface area contributed by atoms with Crippen molar-refractivity contribution < 1.29 is 29.0 Å². The number of amides is 2. The molecule has 0 spiro atoms. The van der Waals surface area contributed by atoms with Gasteiger partial charge < -0.3 is 14.6 Å². The Balaban J connectivity index is 1.87. The van der Waals surface area contributed by atoms with Crippen LogP contribution in [0.5, 0.6) is 11.5 Å². The van der Waals surface area contributed by atoms with Gasteiger partial charge in [0.05, 0.1) is 11.5 Å². The second-order valence-electron chi connectivity index (χ2n) is 6.30. The van der Waals surface area contributed by atoms with Crippen molar-refractivity contribution in [2.24, 2.45) is 0 Å². The van der Waals surface area contributed by atoms with Crippen molar-refractivity contribution in [3.8, 4) is 11.5 Å². The topological polar surface area (TPSA) is 93.1 Å². The molecule has 1 heterocycles. The Hall–Kier alpha value is -2.49. The lowest BCUT2D eigenvalue weighted by molar-refractivity contribution is -0.140. The SMILES string of the molecule is CCOc1cc(/C=C2/SC(=O)N(CC(=O)O)C2=O)c(Br)cc1OCc1ccccc1Cl. The zero-order chi connectivity index (χ0) is 22.5. The summed E-state index contributed by atoms with van der Waals surface area (Å²) in [5.41, 5.74) is 1.40. The molecule has 3 rings (SSSR count). The Kier molecular flexibility index (Phi) is 7.64. The number of halogens is 2. The lowest BCUT2D eigenvalue weighted by Gasteiger charge is -2.15. The second-order valence-corrected chi connectivity index (χ2v) is 8.55. The zero-order valence-electron chi connectivity index (χ0n) is 16.3. The fourth-order valence-electron chi connectivity index (χ4n) is 2.73. The maximum atomic E-state index is 12.4. The fourth-order valence-corrected chi connectivity index (χ4v) is 4.18.